The van der Waals surface area contributed by atoms with Gasteiger partial charge in [0.15, 0.2) is 0 Å². The molecule has 5 nitrogen and oxygen atoms in total. The Labute approximate surface area is 170 Å². The molecule has 2 aromatic heterocycles. The molecular formula is C19H14Cl2N4OS. The fraction of sp³-hybridized carbons (Fsp3) is 0.105. The van der Waals surface area contributed by atoms with E-state index in [2.05, 4.69) is 15.3 Å². The molecule has 136 valence electrons. The highest BCUT2D eigenvalue weighted by Gasteiger charge is 2.17. The molecule has 4 rings (SSSR count). The van der Waals surface area contributed by atoms with Crippen molar-refractivity contribution in [3.8, 4) is 17.1 Å². The number of thioether (sulfide) groups is 1. The van der Waals surface area contributed by atoms with E-state index in [1.54, 1.807) is 16.8 Å². The quantitative estimate of drug-likeness (QED) is 0.383. The predicted octanol–water partition coefficient (Wildman–Crippen LogP) is 5.83. The maximum absolute atomic E-state index is 6.55. The zero-order valence-corrected chi connectivity index (χ0v) is 16.6. The monoisotopic (exact) mass is 416 g/mol. The highest BCUT2D eigenvalue weighted by Crippen LogP contribution is 2.31. The molecule has 0 aliphatic heterocycles. The fourth-order valence-electron chi connectivity index (χ4n) is 2.55. The van der Waals surface area contributed by atoms with Crippen molar-refractivity contribution in [2.75, 3.05) is 0 Å². The summed E-state index contributed by atoms with van der Waals surface area (Å²) in [4.78, 5) is 0. The predicted molar refractivity (Wildman–Crippen MR) is 108 cm³/mol. The molecule has 4 aromatic rings. The highest BCUT2D eigenvalue weighted by atomic mass is 35.5. The second kappa shape index (κ2) is 7.76. The first-order chi connectivity index (χ1) is 13.1. The number of aryl methyl sites for hydroxylation is 1. The van der Waals surface area contributed by atoms with Crippen molar-refractivity contribution in [2.24, 2.45) is 0 Å². The molecule has 0 radical (unpaired) electrons. The fourth-order valence-corrected chi connectivity index (χ4v) is 3.94. The molecule has 2 aromatic carbocycles. The topological polar surface area (TPSA) is 56.7 Å². The van der Waals surface area contributed by atoms with Gasteiger partial charge in [-0.2, -0.15) is 5.10 Å². The molecule has 2 heterocycles. The summed E-state index contributed by atoms with van der Waals surface area (Å²) < 4.78 is 7.47. The third kappa shape index (κ3) is 3.88. The molecule has 0 saturated carbocycles. The van der Waals surface area contributed by atoms with Crippen LogP contribution < -0.4 is 0 Å². The summed E-state index contributed by atoms with van der Waals surface area (Å²) in [7, 11) is 0. The van der Waals surface area contributed by atoms with Crippen LogP contribution in [0.4, 0.5) is 0 Å². The summed E-state index contributed by atoms with van der Waals surface area (Å²) in [6, 6.07) is 17.0. The minimum absolute atomic E-state index is 0.456. The minimum atomic E-state index is 0.456. The second-order valence-electron chi connectivity index (χ2n) is 5.77. The number of aromatic nitrogens is 4. The lowest BCUT2D eigenvalue weighted by Gasteiger charge is -2.02. The Hall–Kier alpha value is -2.28. The van der Waals surface area contributed by atoms with E-state index >= 15 is 0 Å². The van der Waals surface area contributed by atoms with E-state index in [1.165, 1.54) is 11.8 Å². The van der Waals surface area contributed by atoms with Gasteiger partial charge in [-0.05, 0) is 43.3 Å². The number of hydrogen-bond donors (Lipinski definition) is 0. The summed E-state index contributed by atoms with van der Waals surface area (Å²) in [5.74, 6) is 1.04. The number of benzene rings is 2. The number of para-hydroxylation sites is 1. The van der Waals surface area contributed by atoms with E-state index in [0.29, 0.717) is 27.0 Å². The molecule has 0 N–H and O–H groups in total. The summed E-state index contributed by atoms with van der Waals surface area (Å²) in [5.41, 5.74) is 3.56. The smallest absolute Gasteiger partial charge is 0.277 e. The van der Waals surface area contributed by atoms with Crippen molar-refractivity contribution >= 4 is 35.0 Å². The van der Waals surface area contributed by atoms with E-state index in [9.17, 15) is 0 Å². The number of halogens is 2. The zero-order chi connectivity index (χ0) is 18.8. The van der Waals surface area contributed by atoms with Crippen LogP contribution in [0.15, 0.2) is 64.2 Å². The maximum atomic E-state index is 6.55. The van der Waals surface area contributed by atoms with E-state index in [0.717, 1.165) is 22.5 Å². The van der Waals surface area contributed by atoms with Gasteiger partial charge in [0.25, 0.3) is 5.22 Å². The molecular weight excluding hydrogens is 403 g/mol. The lowest BCUT2D eigenvalue weighted by Crippen LogP contribution is -1.95. The van der Waals surface area contributed by atoms with Crippen LogP contribution in [-0.2, 0) is 5.75 Å². The Bertz CT molecular complexity index is 1060. The Morgan fingerprint density at radius 2 is 1.74 bits per heavy atom. The van der Waals surface area contributed by atoms with Crippen molar-refractivity contribution in [2.45, 2.75) is 17.9 Å². The Balaban J connectivity index is 1.51. The van der Waals surface area contributed by atoms with Gasteiger partial charge in [-0.3, -0.25) is 0 Å². The van der Waals surface area contributed by atoms with Gasteiger partial charge >= 0.3 is 0 Å². The van der Waals surface area contributed by atoms with Gasteiger partial charge in [0.2, 0.25) is 5.89 Å². The molecule has 0 fully saturated rings. The standard InChI is InChI=1S/C19H14Cl2N4OS/c1-12-16(17(21)25(24-12)15-5-3-2-4-6-15)11-27-19-23-22-18(26-19)13-7-9-14(20)10-8-13/h2-10H,11H2,1H3. The van der Waals surface area contributed by atoms with Crippen LogP contribution in [0.25, 0.3) is 17.1 Å². The van der Waals surface area contributed by atoms with Gasteiger partial charge in [-0.15, -0.1) is 10.2 Å². The van der Waals surface area contributed by atoms with Gasteiger partial charge in [-0.1, -0.05) is 53.2 Å². The summed E-state index contributed by atoms with van der Waals surface area (Å²) in [5, 5.41) is 14.5. The molecule has 0 atom stereocenters. The van der Waals surface area contributed by atoms with E-state index < -0.39 is 0 Å². The molecule has 0 aliphatic rings. The Morgan fingerprint density at radius 1 is 1.00 bits per heavy atom. The molecule has 0 spiro atoms. The first-order valence-electron chi connectivity index (χ1n) is 8.13. The molecule has 0 saturated heterocycles. The van der Waals surface area contributed by atoms with Crippen LogP contribution in [0.3, 0.4) is 0 Å². The minimum Gasteiger partial charge on any atom is -0.411 e. The number of nitrogens with zero attached hydrogens (tertiary/aromatic N) is 4. The first-order valence-corrected chi connectivity index (χ1v) is 9.87. The Morgan fingerprint density at radius 3 is 2.48 bits per heavy atom. The van der Waals surface area contributed by atoms with Gasteiger partial charge < -0.3 is 4.42 Å². The van der Waals surface area contributed by atoms with Crippen LogP contribution in [-0.4, -0.2) is 20.0 Å². The largest absolute Gasteiger partial charge is 0.411 e. The number of rotatable bonds is 5. The van der Waals surface area contributed by atoms with Gasteiger partial charge in [0, 0.05) is 21.9 Å². The average Bonchev–Trinajstić information content (AvgIpc) is 3.26. The van der Waals surface area contributed by atoms with Crippen molar-refractivity contribution in [1.29, 1.82) is 0 Å². The van der Waals surface area contributed by atoms with E-state index in [-0.39, 0.29) is 0 Å². The normalized spacial score (nSPS) is 11.1. The van der Waals surface area contributed by atoms with Crippen LogP contribution in [0.5, 0.6) is 0 Å². The lowest BCUT2D eigenvalue weighted by molar-refractivity contribution is 0.466. The molecule has 0 aliphatic carbocycles. The van der Waals surface area contributed by atoms with Crippen LogP contribution in [0, 0.1) is 6.92 Å². The zero-order valence-electron chi connectivity index (χ0n) is 14.3. The van der Waals surface area contributed by atoms with Gasteiger partial charge in [-0.25, -0.2) is 4.68 Å². The van der Waals surface area contributed by atoms with Crippen LogP contribution in [0.2, 0.25) is 10.2 Å². The summed E-state index contributed by atoms with van der Waals surface area (Å²) in [6.07, 6.45) is 0. The Kier molecular flexibility index (Phi) is 5.20. The molecule has 8 heteroatoms. The van der Waals surface area contributed by atoms with Crippen molar-refractivity contribution in [3.05, 3.63) is 76.0 Å². The summed E-state index contributed by atoms with van der Waals surface area (Å²) in [6.45, 7) is 1.94. The molecule has 0 unspecified atom stereocenters. The molecule has 0 bridgehead atoms. The van der Waals surface area contributed by atoms with Crippen molar-refractivity contribution in [3.63, 3.8) is 0 Å². The van der Waals surface area contributed by atoms with Crippen LogP contribution in [0.1, 0.15) is 11.3 Å². The van der Waals surface area contributed by atoms with Crippen molar-refractivity contribution in [1.82, 2.24) is 20.0 Å². The summed E-state index contributed by atoms with van der Waals surface area (Å²) >= 11 is 13.9. The third-order valence-electron chi connectivity index (χ3n) is 3.96. The van der Waals surface area contributed by atoms with Crippen molar-refractivity contribution < 1.29 is 4.42 Å². The van der Waals surface area contributed by atoms with Gasteiger partial charge in [0.05, 0.1) is 11.4 Å². The molecule has 27 heavy (non-hydrogen) atoms. The van der Waals surface area contributed by atoms with Gasteiger partial charge in [0.1, 0.15) is 5.15 Å². The third-order valence-corrected chi connectivity index (χ3v) is 5.45. The van der Waals surface area contributed by atoms with Crippen LogP contribution >= 0.6 is 35.0 Å². The SMILES string of the molecule is Cc1nn(-c2ccccc2)c(Cl)c1CSc1nnc(-c2ccc(Cl)cc2)o1. The lowest BCUT2D eigenvalue weighted by atomic mass is 10.2. The first kappa shape index (κ1) is 18.1. The maximum Gasteiger partial charge on any atom is 0.277 e. The molecule has 0 amide bonds. The number of hydrogen-bond acceptors (Lipinski definition) is 5. The van der Waals surface area contributed by atoms with E-state index in [4.69, 9.17) is 27.6 Å². The highest BCUT2D eigenvalue weighted by molar-refractivity contribution is 7.98. The van der Waals surface area contributed by atoms with E-state index in [1.807, 2.05) is 49.4 Å². The average molecular weight is 417 g/mol. The second-order valence-corrected chi connectivity index (χ2v) is 7.49.